The highest BCUT2D eigenvalue weighted by Gasteiger charge is 2.24. The largest absolute Gasteiger partial charge is 0.376 e. The highest BCUT2D eigenvalue weighted by Crippen LogP contribution is 2.33. The number of fused-ring (bicyclic) bond motifs is 1. The summed E-state index contributed by atoms with van der Waals surface area (Å²) in [6, 6.07) is 9.99. The van der Waals surface area contributed by atoms with E-state index < -0.39 is 0 Å². The maximum Gasteiger partial charge on any atom is 0.256 e. The molecule has 0 unspecified atom stereocenters. The van der Waals surface area contributed by atoms with Crippen LogP contribution in [0.2, 0.25) is 0 Å². The number of benzene rings is 1. The predicted molar refractivity (Wildman–Crippen MR) is 95.8 cm³/mol. The Morgan fingerprint density at radius 3 is 2.96 bits per heavy atom. The maximum absolute atomic E-state index is 12.3. The molecule has 4 heteroatoms. The smallest absolute Gasteiger partial charge is 0.256 e. The van der Waals surface area contributed by atoms with E-state index >= 15 is 0 Å². The van der Waals surface area contributed by atoms with E-state index in [0.717, 1.165) is 48.4 Å². The third-order valence-electron chi connectivity index (χ3n) is 5.03. The van der Waals surface area contributed by atoms with Gasteiger partial charge in [-0.05, 0) is 50.5 Å². The van der Waals surface area contributed by atoms with Gasteiger partial charge in [0.1, 0.15) is 0 Å². The number of hydrogen-bond donors (Lipinski definition) is 1. The van der Waals surface area contributed by atoms with Crippen molar-refractivity contribution in [3.63, 3.8) is 0 Å². The number of nitrogens with zero attached hydrogens (tertiary/aromatic N) is 1. The molecule has 4 nitrogen and oxygen atoms in total. The first-order valence-corrected chi connectivity index (χ1v) is 8.54. The zero-order valence-corrected chi connectivity index (χ0v) is 14.1. The molecule has 1 N–H and O–H groups in total. The SMILES string of the molecule is Cc1cc(/C=C2/C(=O)Nc3ccccc32)c(C)n1C[C@@H]1CCCO1. The minimum atomic E-state index is -0.0277. The number of carbonyl (C=O) groups excluding carboxylic acids is 1. The second-order valence-corrected chi connectivity index (χ2v) is 6.63. The monoisotopic (exact) mass is 322 g/mol. The Balaban J connectivity index is 1.69. The molecule has 4 rings (SSSR count). The molecule has 0 bridgehead atoms. The number of hydrogen-bond acceptors (Lipinski definition) is 2. The van der Waals surface area contributed by atoms with Crippen molar-refractivity contribution in [3.05, 3.63) is 52.8 Å². The number of aryl methyl sites for hydroxylation is 1. The Morgan fingerprint density at radius 2 is 2.17 bits per heavy atom. The van der Waals surface area contributed by atoms with Gasteiger partial charge in [-0.3, -0.25) is 4.79 Å². The molecule has 124 valence electrons. The number of rotatable bonds is 3. The third kappa shape index (κ3) is 2.57. The summed E-state index contributed by atoms with van der Waals surface area (Å²) >= 11 is 0. The van der Waals surface area contributed by atoms with Gasteiger partial charge < -0.3 is 14.6 Å². The lowest BCUT2D eigenvalue weighted by Crippen LogP contribution is -2.16. The fourth-order valence-electron chi connectivity index (χ4n) is 3.68. The van der Waals surface area contributed by atoms with Gasteiger partial charge in [-0.25, -0.2) is 0 Å². The van der Waals surface area contributed by atoms with Crippen molar-refractivity contribution < 1.29 is 9.53 Å². The maximum atomic E-state index is 12.3. The normalized spacial score (nSPS) is 21.3. The van der Waals surface area contributed by atoms with E-state index in [1.807, 2.05) is 30.3 Å². The summed E-state index contributed by atoms with van der Waals surface area (Å²) in [6.07, 6.45) is 4.60. The van der Waals surface area contributed by atoms with E-state index in [1.165, 1.54) is 11.4 Å². The van der Waals surface area contributed by atoms with Crippen LogP contribution in [0.3, 0.4) is 0 Å². The van der Waals surface area contributed by atoms with E-state index in [2.05, 4.69) is 29.8 Å². The van der Waals surface area contributed by atoms with Crippen LogP contribution in [0.4, 0.5) is 5.69 Å². The molecule has 0 aliphatic carbocycles. The molecule has 3 heterocycles. The van der Waals surface area contributed by atoms with Gasteiger partial charge in [0.05, 0.1) is 6.10 Å². The lowest BCUT2D eigenvalue weighted by molar-refractivity contribution is -0.110. The molecule has 0 spiro atoms. The molecule has 0 radical (unpaired) electrons. The molecule has 2 aliphatic rings. The molecule has 2 aromatic rings. The van der Waals surface area contributed by atoms with Gasteiger partial charge >= 0.3 is 0 Å². The zero-order chi connectivity index (χ0) is 16.7. The molecule has 24 heavy (non-hydrogen) atoms. The van der Waals surface area contributed by atoms with Crippen molar-refractivity contribution in [2.24, 2.45) is 0 Å². The molecule has 0 saturated carbocycles. The molecule has 1 amide bonds. The summed E-state index contributed by atoms with van der Waals surface area (Å²) in [5, 5.41) is 2.93. The van der Waals surface area contributed by atoms with Crippen LogP contribution in [0.25, 0.3) is 11.6 Å². The average Bonchev–Trinajstić information content (AvgIpc) is 3.25. The Hall–Kier alpha value is -2.33. The molecule has 1 atom stereocenters. The highest BCUT2D eigenvalue weighted by molar-refractivity contribution is 6.34. The van der Waals surface area contributed by atoms with Crippen LogP contribution in [-0.2, 0) is 16.1 Å². The van der Waals surface area contributed by atoms with Gasteiger partial charge in [-0.15, -0.1) is 0 Å². The molecular formula is C20H22N2O2. The van der Waals surface area contributed by atoms with Gasteiger partial charge in [-0.2, -0.15) is 0 Å². The number of carbonyl (C=O) groups is 1. The number of anilines is 1. The average molecular weight is 322 g/mol. The van der Waals surface area contributed by atoms with Crippen molar-refractivity contribution in [2.75, 3.05) is 11.9 Å². The summed E-state index contributed by atoms with van der Waals surface area (Å²) in [6.45, 7) is 6.00. The lowest BCUT2D eigenvalue weighted by atomic mass is 10.0. The minimum absolute atomic E-state index is 0.0277. The van der Waals surface area contributed by atoms with Crippen LogP contribution in [0.1, 0.15) is 35.4 Å². The lowest BCUT2D eigenvalue weighted by Gasteiger charge is -2.14. The van der Waals surface area contributed by atoms with E-state index in [1.54, 1.807) is 0 Å². The van der Waals surface area contributed by atoms with Gasteiger partial charge in [0.15, 0.2) is 0 Å². The van der Waals surface area contributed by atoms with Crippen LogP contribution in [0, 0.1) is 13.8 Å². The number of ether oxygens (including phenoxy) is 1. The van der Waals surface area contributed by atoms with Crippen molar-refractivity contribution in [3.8, 4) is 0 Å². The van der Waals surface area contributed by atoms with Crippen molar-refractivity contribution in [2.45, 2.75) is 39.3 Å². The predicted octanol–water partition coefficient (Wildman–Crippen LogP) is 3.78. The molecule has 2 aliphatic heterocycles. The summed E-state index contributed by atoms with van der Waals surface area (Å²) in [5.74, 6) is -0.0277. The summed E-state index contributed by atoms with van der Waals surface area (Å²) < 4.78 is 8.08. The first kappa shape index (κ1) is 15.2. The van der Waals surface area contributed by atoms with Crippen LogP contribution < -0.4 is 5.32 Å². The zero-order valence-electron chi connectivity index (χ0n) is 14.1. The number of para-hydroxylation sites is 1. The quantitative estimate of drug-likeness (QED) is 0.874. The molecular weight excluding hydrogens is 300 g/mol. The number of aromatic nitrogens is 1. The second kappa shape index (κ2) is 5.95. The minimum Gasteiger partial charge on any atom is -0.376 e. The van der Waals surface area contributed by atoms with Gasteiger partial charge in [0, 0.05) is 41.4 Å². The summed E-state index contributed by atoms with van der Waals surface area (Å²) in [4.78, 5) is 12.3. The Morgan fingerprint density at radius 1 is 1.33 bits per heavy atom. The van der Waals surface area contributed by atoms with Crippen molar-refractivity contribution in [1.29, 1.82) is 0 Å². The van der Waals surface area contributed by atoms with E-state index in [4.69, 9.17) is 4.74 Å². The first-order chi connectivity index (χ1) is 11.6. The highest BCUT2D eigenvalue weighted by atomic mass is 16.5. The summed E-state index contributed by atoms with van der Waals surface area (Å²) in [5.41, 5.74) is 6.11. The Bertz CT molecular complexity index is 826. The van der Waals surface area contributed by atoms with Crippen molar-refractivity contribution >= 4 is 23.2 Å². The second-order valence-electron chi connectivity index (χ2n) is 6.63. The Kier molecular flexibility index (Phi) is 3.77. The van der Waals surface area contributed by atoms with E-state index in [-0.39, 0.29) is 5.91 Å². The first-order valence-electron chi connectivity index (χ1n) is 8.54. The molecule has 1 aromatic heterocycles. The van der Waals surface area contributed by atoms with Gasteiger partial charge in [-0.1, -0.05) is 18.2 Å². The molecule has 1 saturated heterocycles. The molecule has 1 aromatic carbocycles. The van der Waals surface area contributed by atoms with Crippen LogP contribution >= 0.6 is 0 Å². The number of amides is 1. The van der Waals surface area contributed by atoms with Gasteiger partial charge in [0.25, 0.3) is 5.91 Å². The Labute approximate surface area is 142 Å². The van der Waals surface area contributed by atoms with Crippen LogP contribution in [-0.4, -0.2) is 23.2 Å². The van der Waals surface area contributed by atoms with Crippen LogP contribution in [0.5, 0.6) is 0 Å². The third-order valence-corrected chi connectivity index (χ3v) is 5.03. The standard InChI is InChI=1S/C20H22N2O2/c1-13-10-15(14(2)22(13)12-16-6-5-9-24-16)11-18-17-7-3-4-8-19(17)21-20(18)23/h3-4,7-8,10-11,16H,5-6,9,12H2,1-2H3,(H,21,23)/b18-11+/t16-/m0/s1. The fraction of sp³-hybridized carbons (Fsp3) is 0.350. The summed E-state index contributed by atoms with van der Waals surface area (Å²) in [7, 11) is 0. The van der Waals surface area contributed by atoms with Crippen molar-refractivity contribution in [1.82, 2.24) is 4.57 Å². The van der Waals surface area contributed by atoms with E-state index in [0.29, 0.717) is 6.10 Å². The van der Waals surface area contributed by atoms with Gasteiger partial charge in [0.2, 0.25) is 0 Å². The number of nitrogens with one attached hydrogen (secondary N) is 1. The molecule has 1 fully saturated rings. The van der Waals surface area contributed by atoms with Crippen LogP contribution in [0.15, 0.2) is 30.3 Å². The topological polar surface area (TPSA) is 43.3 Å². The fourth-order valence-corrected chi connectivity index (χ4v) is 3.68. The van der Waals surface area contributed by atoms with E-state index in [9.17, 15) is 4.79 Å².